The first-order valence-electron chi connectivity index (χ1n) is 5.62. The number of alkyl halides is 2. The lowest BCUT2D eigenvalue weighted by Gasteiger charge is -2.31. The summed E-state index contributed by atoms with van der Waals surface area (Å²) in [6.45, 7) is 0. The molecule has 1 aromatic heterocycles. The molecule has 0 amide bonds. The molecular formula is C12H16F2N2. The Morgan fingerprint density at radius 3 is 2.62 bits per heavy atom. The average molecular weight is 226 g/mol. The van der Waals surface area contributed by atoms with Crippen molar-refractivity contribution in [1.82, 2.24) is 4.98 Å². The maximum absolute atomic E-state index is 13.0. The van der Waals surface area contributed by atoms with Gasteiger partial charge in [0, 0.05) is 31.3 Å². The Hall–Kier alpha value is -1.03. The van der Waals surface area contributed by atoms with Gasteiger partial charge in [-0.3, -0.25) is 4.98 Å². The predicted octanol–water partition coefficient (Wildman–Crippen LogP) is 2.91. The first-order chi connectivity index (χ1) is 7.58. The van der Waals surface area contributed by atoms with Crippen LogP contribution in [-0.4, -0.2) is 10.9 Å². The normalized spacial score (nSPS) is 22.9. The van der Waals surface area contributed by atoms with Gasteiger partial charge in [0.05, 0.1) is 0 Å². The van der Waals surface area contributed by atoms with Crippen molar-refractivity contribution in [3.05, 3.63) is 30.1 Å². The van der Waals surface area contributed by atoms with E-state index in [-0.39, 0.29) is 24.8 Å². The van der Waals surface area contributed by atoms with Crippen molar-refractivity contribution in [1.29, 1.82) is 0 Å². The van der Waals surface area contributed by atoms with Crippen molar-refractivity contribution in [2.24, 2.45) is 11.7 Å². The van der Waals surface area contributed by atoms with Gasteiger partial charge in [-0.25, -0.2) is 8.78 Å². The molecule has 0 spiro atoms. The van der Waals surface area contributed by atoms with E-state index < -0.39 is 5.92 Å². The Bertz CT molecular complexity index is 330. The molecule has 2 nitrogen and oxygen atoms in total. The van der Waals surface area contributed by atoms with Gasteiger partial charge >= 0.3 is 0 Å². The summed E-state index contributed by atoms with van der Waals surface area (Å²) in [6.07, 6.45) is 4.34. The van der Waals surface area contributed by atoms with Crippen LogP contribution in [0.1, 0.15) is 37.3 Å². The molecule has 1 atom stereocenters. The predicted molar refractivity (Wildman–Crippen MR) is 58.1 cm³/mol. The SMILES string of the molecule is NC(c1cccnc1)C1CCC(F)(F)CC1. The molecule has 0 radical (unpaired) electrons. The first-order valence-corrected chi connectivity index (χ1v) is 5.62. The van der Waals surface area contributed by atoms with Crippen LogP contribution in [0, 0.1) is 5.92 Å². The van der Waals surface area contributed by atoms with Crippen molar-refractivity contribution in [2.75, 3.05) is 0 Å². The fraction of sp³-hybridized carbons (Fsp3) is 0.583. The third-order valence-corrected chi connectivity index (χ3v) is 3.34. The van der Waals surface area contributed by atoms with Gasteiger partial charge in [-0.2, -0.15) is 0 Å². The lowest BCUT2D eigenvalue weighted by molar-refractivity contribution is -0.0483. The molecule has 1 fully saturated rings. The molecule has 0 bridgehead atoms. The van der Waals surface area contributed by atoms with Crippen molar-refractivity contribution in [2.45, 2.75) is 37.6 Å². The Kier molecular flexibility index (Phi) is 3.19. The number of nitrogens with two attached hydrogens (primary N) is 1. The summed E-state index contributed by atoms with van der Waals surface area (Å²) < 4.78 is 26.0. The lowest BCUT2D eigenvalue weighted by atomic mass is 9.80. The van der Waals surface area contributed by atoms with Crippen molar-refractivity contribution >= 4 is 0 Å². The van der Waals surface area contributed by atoms with Crippen LogP contribution < -0.4 is 5.73 Å². The third-order valence-electron chi connectivity index (χ3n) is 3.34. The van der Waals surface area contributed by atoms with Gasteiger partial charge in [0.1, 0.15) is 0 Å². The molecule has 88 valence electrons. The number of nitrogens with zero attached hydrogens (tertiary/aromatic N) is 1. The zero-order valence-electron chi connectivity index (χ0n) is 9.07. The largest absolute Gasteiger partial charge is 0.324 e. The third kappa shape index (κ3) is 2.55. The molecule has 16 heavy (non-hydrogen) atoms. The average Bonchev–Trinajstić information content (AvgIpc) is 2.29. The van der Waals surface area contributed by atoms with Gasteiger partial charge in [0.15, 0.2) is 0 Å². The minimum absolute atomic E-state index is 0.0361. The Balaban J connectivity index is 2.00. The molecule has 0 aliphatic heterocycles. The molecule has 1 heterocycles. The smallest absolute Gasteiger partial charge is 0.248 e. The molecule has 1 aliphatic carbocycles. The van der Waals surface area contributed by atoms with E-state index in [0.717, 1.165) is 5.56 Å². The summed E-state index contributed by atoms with van der Waals surface area (Å²) in [5.74, 6) is -2.32. The van der Waals surface area contributed by atoms with Crippen LogP contribution in [0.4, 0.5) is 8.78 Å². The van der Waals surface area contributed by atoms with Crippen LogP contribution in [0.2, 0.25) is 0 Å². The van der Waals surface area contributed by atoms with Crippen LogP contribution >= 0.6 is 0 Å². The molecule has 0 aromatic carbocycles. The molecule has 2 N–H and O–H groups in total. The highest BCUT2D eigenvalue weighted by atomic mass is 19.3. The molecular weight excluding hydrogens is 210 g/mol. The maximum atomic E-state index is 13.0. The van der Waals surface area contributed by atoms with E-state index in [2.05, 4.69) is 4.98 Å². The van der Waals surface area contributed by atoms with Gasteiger partial charge in [-0.1, -0.05) is 6.07 Å². The van der Waals surface area contributed by atoms with E-state index >= 15 is 0 Å². The van der Waals surface area contributed by atoms with Crippen LogP contribution in [0.3, 0.4) is 0 Å². The second-order valence-corrected chi connectivity index (χ2v) is 4.51. The summed E-state index contributed by atoms with van der Waals surface area (Å²) in [7, 11) is 0. The topological polar surface area (TPSA) is 38.9 Å². The number of rotatable bonds is 2. The van der Waals surface area contributed by atoms with Crippen LogP contribution in [-0.2, 0) is 0 Å². The van der Waals surface area contributed by atoms with Gasteiger partial charge in [-0.05, 0) is 30.4 Å². The number of aromatic nitrogens is 1. The molecule has 1 aromatic rings. The summed E-state index contributed by atoms with van der Waals surface area (Å²) in [5.41, 5.74) is 7.02. The monoisotopic (exact) mass is 226 g/mol. The number of hydrogen-bond acceptors (Lipinski definition) is 2. The second-order valence-electron chi connectivity index (χ2n) is 4.51. The van der Waals surface area contributed by atoms with E-state index in [9.17, 15) is 8.78 Å². The summed E-state index contributed by atoms with van der Waals surface area (Å²) in [5, 5.41) is 0. The minimum Gasteiger partial charge on any atom is -0.324 e. The van der Waals surface area contributed by atoms with Crippen LogP contribution in [0.5, 0.6) is 0 Å². The molecule has 4 heteroatoms. The number of hydrogen-bond donors (Lipinski definition) is 1. The Morgan fingerprint density at radius 2 is 2.06 bits per heavy atom. The lowest BCUT2D eigenvalue weighted by Crippen LogP contribution is -2.30. The van der Waals surface area contributed by atoms with Crippen molar-refractivity contribution in [3.63, 3.8) is 0 Å². The Morgan fingerprint density at radius 1 is 1.38 bits per heavy atom. The molecule has 1 saturated carbocycles. The van der Waals surface area contributed by atoms with E-state index in [4.69, 9.17) is 5.73 Å². The van der Waals surface area contributed by atoms with Gasteiger partial charge in [0.25, 0.3) is 0 Å². The maximum Gasteiger partial charge on any atom is 0.248 e. The quantitative estimate of drug-likeness (QED) is 0.842. The van der Waals surface area contributed by atoms with Crippen LogP contribution in [0.25, 0.3) is 0 Å². The van der Waals surface area contributed by atoms with Crippen LogP contribution in [0.15, 0.2) is 24.5 Å². The fourth-order valence-electron chi connectivity index (χ4n) is 2.27. The Labute approximate surface area is 93.9 Å². The zero-order chi connectivity index (χ0) is 11.6. The van der Waals surface area contributed by atoms with Gasteiger partial charge < -0.3 is 5.73 Å². The summed E-state index contributed by atoms with van der Waals surface area (Å²) in [4.78, 5) is 4.00. The minimum atomic E-state index is -2.48. The highest BCUT2D eigenvalue weighted by Gasteiger charge is 2.37. The molecule has 1 unspecified atom stereocenters. The highest BCUT2D eigenvalue weighted by molar-refractivity contribution is 5.14. The van der Waals surface area contributed by atoms with Gasteiger partial charge in [-0.15, -0.1) is 0 Å². The van der Waals surface area contributed by atoms with E-state index in [0.29, 0.717) is 12.8 Å². The first kappa shape index (κ1) is 11.5. The second kappa shape index (κ2) is 4.45. The fourth-order valence-corrected chi connectivity index (χ4v) is 2.27. The molecule has 2 rings (SSSR count). The standard InChI is InChI=1S/C12H16F2N2/c13-12(14)5-3-9(4-6-12)11(15)10-2-1-7-16-8-10/h1-2,7-9,11H,3-6,15H2. The molecule has 1 aliphatic rings. The highest BCUT2D eigenvalue weighted by Crippen LogP contribution is 2.40. The number of halogens is 2. The van der Waals surface area contributed by atoms with E-state index in [1.165, 1.54) is 0 Å². The van der Waals surface area contributed by atoms with E-state index in [1.807, 2.05) is 12.1 Å². The number of pyridine rings is 1. The van der Waals surface area contributed by atoms with E-state index in [1.54, 1.807) is 12.4 Å². The molecule has 0 saturated heterocycles. The van der Waals surface area contributed by atoms with Crippen molar-refractivity contribution in [3.8, 4) is 0 Å². The summed E-state index contributed by atoms with van der Waals surface area (Å²) >= 11 is 0. The summed E-state index contributed by atoms with van der Waals surface area (Å²) in [6, 6.07) is 3.57. The van der Waals surface area contributed by atoms with Crippen molar-refractivity contribution < 1.29 is 8.78 Å². The van der Waals surface area contributed by atoms with Gasteiger partial charge in [0.2, 0.25) is 5.92 Å². The zero-order valence-corrected chi connectivity index (χ0v) is 9.07.